The summed E-state index contributed by atoms with van der Waals surface area (Å²) in [6, 6.07) is 3.67. The molecule has 1 heterocycles. The average Bonchev–Trinajstić information content (AvgIpc) is 2.38. The van der Waals surface area contributed by atoms with Crippen LogP contribution in [0.2, 0.25) is 0 Å². The molecule has 1 unspecified atom stereocenters. The zero-order valence-corrected chi connectivity index (χ0v) is 10.7. The summed E-state index contributed by atoms with van der Waals surface area (Å²) in [4.78, 5) is 17.8. The van der Waals surface area contributed by atoms with Crippen LogP contribution in [0.15, 0.2) is 24.5 Å². The second-order valence-corrected chi connectivity index (χ2v) is 3.91. The van der Waals surface area contributed by atoms with Crippen LogP contribution in [0.25, 0.3) is 0 Å². The van der Waals surface area contributed by atoms with E-state index in [1.165, 1.54) is 6.20 Å². The van der Waals surface area contributed by atoms with Crippen molar-refractivity contribution in [2.24, 2.45) is 0 Å². The highest BCUT2D eigenvalue weighted by Crippen LogP contribution is 2.03. The maximum absolute atomic E-state index is 11.7. The second-order valence-electron chi connectivity index (χ2n) is 3.91. The highest BCUT2D eigenvalue weighted by Gasteiger charge is 2.13. The molecule has 0 N–H and O–H groups in total. The Morgan fingerprint density at radius 1 is 1.47 bits per heavy atom. The number of pyridine rings is 1. The van der Waals surface area contributed by atoms with E-state index < -0.39 is 0 Å². The van der Waals surface area contributed by atoms with Gasteiger partial charge in [0, 0.05) is 18.4 Å². The monoisotopic (exact) mass is 236 g/mol. The third-order valence-corrected chi connectivity index (χ3v) is 2.79. The number of hydrogen-bond donors (Lipinski definition) is 0. The van der Waals surface area contributed by atoms with Crippen molar-refractivity contribution in [1.29, 1.82) is 0 Å². The van der Waals surface area contributed by atoms with Crippen LogP contribution in [0.1, 0.15) is 31.1 Å². The second kappa shape index (κ2) is 7.01. The fourth-order valence-corrected chi connectivity index (χ4v) is 1.72. The first-order valence-electron chi connectivity index (χ1n) is 6.00. The van der Waals surface area contributed by atoms with Gasteiger partial charge in [-0.3, -0.25) is 9.88 Å². The summed E-state index contributed by atoms with van der Waals surface area (Å²) in [5, 5.41) is 0. The van der Waals surface area contributed by atoms with Crippen molar-refractivity contribution in [3.8, 4) is 0 Å². The Labute approximate surface area is 103 Å². The first-order chi connectivity index (χ1) is 8.19. The number of likely N-dealkylation sites (N-methyl/N-ethyl adjacent to an activating group) is 1. The number of aromatic nitrogens is 1. The molecule has 4 nitrogen and oxygen atoms in total. The van der Waals surface area contributed by atoms with E-state index in [4.69, 9.17) is 4.74 Å². The molecule has 17 heavy (non-hydrogen) atoms. The van der Waals surface area contributed by atoms with Crippen molar-refractivity contribution in [3.05, 3.63) is 30.1 Å². The average molecular weight is 236 g/mol. The molecule has 0 aliphatic rings. The van der Waals surface area contributed by atoms with E-state index in [-0.39, 0.29) is 12.0 Å². The van der Waals surface area contributed by atoms with Crippen molar-refractivity contribution in [3.63, 3.8) is 0 Å². The smallest absolute Gasteiger partial charge is 0.339 e. The molecule has 0 saturated carbocycles. The van der Waals surface area contributed by atoms with Crippen LogP contribution in [0.4, 0.5) is 0 Å². The molecular weight excluding hydrogens is 216 g/mol. The molecule has 4 heteroatoms. The summed E-state index contributed by atoms with van der Waals surface area (Å²) in [7, 11) is 0. The standard InChI is InChI=1S/C13H20N2O2/c1-4-15(5-2)11(3)10-17-13(16)12-7-6-8-14-9-12/h6-9,11H,4-5,10H2,1-3H3. The number of rotatable bonds is 6. The largest absolute Gasteiger partial charge is 0.460 e. The Hall–Kier alpha value is -1.42. The minimum Gasteiger partial charge on any atom is -0.460 e. The lowest BCUT2D eigenvalue weighted by Crippen LogP contribution is -2.36. The fourth-order valence-electron chi connectivity index (χ4n) is 1.72. The summed E-state index contributed by atoms with van der Waals surface area (Å²) in [6.45, 7) is 8.59. The minimum absolute atomic E-state index is 0.241. The molecule has 0 aromatic carbocycles. The Morgan fingerprint density at radius 3 is 2.71 bits per heavy atom. The van der Waals surface area contributed by atoms with Gasteiger partial charge in [-0.2, -0.15) is 0 Å². The molecule has 1 aromatic heterocycles. The Balaban J connectivity index is 2.43. The lowest BCUT2D eigenvalue weighted by Gasteiger charge is -2.25. The van der Waals surface area contributed by atoms with E-state index in [1.807, 2.05) is 0 Å². The summed E-state index contributed by atoms with van der Waals surface area (Å²) < 4.78 is 5.25. The van der Waals surface area contributed by atoms with Gasteiger partial charge >= 0.3 is 5.97 Å². The topological polar surface area (TPSA) is 42.4 Å². The van der Waals surface area contributed by atoms with Crippen LogP contribution in [-0.4, -0.2) is 41.6 Å². The maximum Gasteiger partial charge on any atom is 0.339 e. The molecule has 0 amide bonds. The predicted molar refractivity (Wildman–Crippen MR) is 66.9 cm³/mol. The Kier molecular flexibility index (Phi) is 5.63. The van der Waals surface area contributed by atoms with Gasteiger partial charge in [-0.05, 0) is 32.1 Å². The van der Waals surface area contributed by atoms with Crippen molar-refractivity contribution in [1.82, 2.24) is 9.88 Å². The van der Waals surface area contributed by atoms with Crippen LogP contribution >= 0.6 is 0 Å². The SMILES string of the molecule is CCN(CC)C(C)COC(=O)c1cccnc1. The summed E-state index contributed by atoms with van der Waals surface area (Å²) in [5.74, 6) is -0.308. The number of carbonyl (C=O) groups is 1. The first-order valence-corrected chi connectivity index (χ1v) is 6.00. The highest BCUT2D eigenvalue weighted by atomic mass is 16.5. The van der Waals surface area contributed by atoms with E-state index in [1.54, 1.807) is 18.3 Å². The zero-order valence-electron chi connectivity index (χ0n) is 10.7. The van der Waals surface area contributed by atoms with E-state index in [2.05, 4.69) is 30.7 Å². The van der Waals surface area contributed by atoms with Gasteiger partial charge in [0.15, 0.2) is 0 Å². The molecule has 0 aliphatic heterocycles. The molecule has 0 aliphatic carbocycles. The predicted octanol–water partition coefficient (Wildman–Crippen LogP) is 1.97. The van der Waals surface area contributed by atoms with Gasteiger partial charge < -0.3 is 4.74 Å². The Bertz CT molecular complexity index is 337. The molecular formula is C13H20N2O2. The molecule has 1 atom stereocenters. The third kappa shape index (κ3) is 4.15. The molecule has 0 radical (unpaired) electrons. The first kappa shape index (κ1) is 13.6. The van der Waals surface area contributed by atoms with Crippen LogP contribution in [-0.2, 0) is 4.74 Å². The van der Waals surface area contributed by atoms with Crippen LogP contribution in [0.3, 0.4) is 0 Å². The molecule has 94 valence electrons. The molecule has 0 spiro atoms. The van der Waals surface area contributed by atoms with E-state index in [0.717, 1.165) is 13.1 Å². The van der Waals surface area contributed by atoms with Crippen molar-refractivity contribution < 1.29 is 9.53 Å². The van der Waals surface area contributed by atoms with Gasteiger partial charge in [-0.25, -0.2) is 4.79 Å². The molecule has 0 saturated heterocycles. The quantitative estimate of drug-likeness (QED) is 0.708. The van der Waals surface area contributed by atoms with Gasteiger partial charge in [0.25, 0.3) is 0 Å². The Morgan fingerprint density at radius 2 is 2.18 bits per heavy atom. The lowest BCUT2D eigenvalue weighted by atomic mass is 10.3. The van der Waals surface area contributed by atoms with E-state index in [9.17, 15) is 4.79 Å². The summed E-state index contributed by atoms with van der Waals surface area (Å²) >= 11 is 0. The highest BCUT2D eigenvalue weighted by molar-refractivity contribution is 5.88. The van der Waals surface area contributed by atoms with E-state index in [0.29, 0.717) is 12.2 Å². The normalized spacial score (nSPS) is 12.5. The number of ether oxygens (including phenoxy) is 1. The maximum atomic E-state index is 11.7. The minimum atomic E-state index is -0.308. The molecule has 1 rings (SSSR count). The number of carbonyl (C=O) groups excluding carboxylic acids is 1. The van der Waals surface area contributed by atoms with Gasteiger partial charge in [-0.15, -0.1) is 0 Å². The molecule has 1 aromatic rings. The van der Waals surface area contributed by atoms with Crippen LogP contribution in [0.5, 0.6) is 0 Å². The lowest BCUT2D eigenvalue weighted by molar-refractivity contribution is 0.0381. The number of nitrogens with zero attached hydrogens (tertiary/aromatic N) is 2. The van der Waals surface area contributed by atoms with Gasteiger partial charge in [0.2, 0.25) is 0 Å². The molecule has 0 bridgehead atoms. The van der Waals surface area contributed by atoms with Gasteiger partial charge in [-0.1, -0.05) is 13.8 Å². The number of esters is 1. The fraction of sp³-hybridized carbons (Fsp3) is 0.538. The van der Waals surface area contributed by atoms with Gasteiger partial charge in [0.1, 0.15) is 6.61 Å². The van der Waals surface area contributed by atoms with Crippen LogP contribution in [0, 0.1) is 0 Å². The van der Waals surface area contributed by atoms with E-state index >= 15 is 0 Å². The molecule has 0 fully saturated rings. The third-order valence-electron chi connectivity index (χ3n) is 2.79. The number of hydrogen-bond acceptors (Lipinski definition) is 4. The van der Waals surface area contributed by atoms with Crippen molar-refractivity contribution in [2.75, 3.05) is 19.7 Å². The van der Waals surface area contributed by atoms with Crippen LogP contribution < -0.4 is 0 Å². The van der Waals surface area contributed by atoms with Crippen molar-refractivity contribution in [2.45, 2.75) is 26.8 Å². The summed E-state index contributed by atoms with van der Waals surface area (Å²) in [6.07, 6.45) is 3.15. The zero-order chi connectivity index (χ0) is 12.7. The summed E-state index contributed by atoms with van der Waals surface area (Å²) in [5.41, 5.74) is 0.499. The van der Waals surface area contributed by atoms with Gasteiger partial charge in [0.05, 0.1) is 5.56 Å². The van der Waals surface area contributed by atoms with Crippen molar-refractivity contribution >= 4 is 5.97 Å².